The van der Waals surface area contributed by atoms with Crippen LogP contribution in [-0.2, 0) is 16.0 Å². The van der Waals surface area contributed by atoms with E-state index in [0.29, 0.717) is 17.5 Å². The smallest absolute Gasteiger partial charge is 0.411 e. The van der Waals surface area contributed by atoms with Gasteiger partial charge in [-0.2, -0.15) is 5.26 Å². The molecule has 2 bridgehead atoms. The number of nitrogens with zero attached hydrogens (tertiary/aromatic N) is 4. The van der Waals surface area contributed by atoms with Gasteiger partial charge in [0.15, 0.2) is 0 Å². The number of piperidine rings is 1. The van der Waals surface area contributed by atoms with Crippen LogP contribution in [0, 0.1) is 29.0 Å². The summed E-state index contributed by atoms with van der Waals surface area (Å²) >= 11 is 0. The molecule has 2 amide bonds. The summed E-state index contributed by atoms with van der Waals surface area (Å²) in [5, 5.41) is 12.6. The monoisotopic (exact) mass is 511 g/mol. The minimum absolute atomic E-state index is 0.0222. The second-order valence-electron chi connectivity index (χ2n) is 12.2. The predicted molar refractivity (Wildman–Crippen MR) is 137 cm³/mol. The van der Waals surface area contributed by atoms with Crippen LogP contribution in [0.15, 0.2) is 18.2 Å². The highest BCUT2D eigenvalue weighted by Gasteiger charge is 2.52. The minimum atomic E-state index is -0.896. The quantitative estimate of drug-likeness (QED) is 0.653. The molecule has 4 fully saturated rings. The van der Waals surface area contributed by atoms with Gasteiger partial charge in [0.05, 0.1) is 6.07 Å². The molecule has 6 atom stereocenters. The number of hydrogen-bond acceptors (Lipinski definition) is 6. The van der Waals surface area contributed by atoms with Crippen molar-refractivity contribution < 1.29 is 18.7 Å². The van der Waals surface area contributed by atoms with Crippen LogP contribution in [0.25, 0.3) is 0 Å². The van der Waals surface area contributed by atoms with E-state index in [2.05, 4.69) is 28.2 Å². The van der Waals surface area contributed by atoms with Gasteiger partial charge in [0.1, 0.15) is 23.5 Å². The van der Waals surface area contributed by atoms with Crippen molar-refractivity contribution in [1.29, 1.82) is 5.26 Å². The summed E-state index contributed by atoms with van der Waals surface area (Å²) in [4.78, 5) is 32.4. The Bertz CT molecular complexity index is 1100. The largest absolute Gasteiger partial charge is 0.444 e. The molecule has 0 spiro atoms. The number of rotatable bonds is 5. The van der Waals surface area contributed by atoms with E-state index in [9.17, 15) is 14.9 Å². The van der Waals surface area contributed by atoms with Crippen molar-refractivity contribution in [3.63, 3.8) is 0 Å². The molecule has 2 unspecified atom stereocenters. The molecule has 1 aliphatic carbocycles. The summed E-state index contributed by atoms with van der Waals surface area (Å²) < 4.78 is 20.7. The maximum Gasteiger partial charge on any atom is 0.411 e. The van der Waals surface area contributed by atoms with Crippen molar-refractivity contribution in [3.8, 4) is 6.07 Å². The van der Waals surface area contributed by atoms with Crippen LogP contribution >= 0.6 is 0 Å². The van der Waals surface area contributed by atoms with Crippen LogP contribution in [0.1, 0.15) is 52.0 Å². The summed E-state index contributed by atoms with van der Waals surface area (Å²) in [5.41, 5.74) is 0.586. The lowest BCUT2D eigenvalue weighted by atomic mass is 9.97. The fourth-order valence-corrected chi connectivity index (χ4v) is 6.79. The summed E-state index contributed by atoms with van der Waals surface area (Å²) in [5.74, 6) is -0.0639. The Morgan fingerprint density at radius 3 is 2.68 bits per heavy atom. The van der Waals surface area contributed by atoms with Crippen LogP contribution in [-0.4, -0.2) is 78.3 Å². The maximum absolute atomic E-state index is 15.1. The molecule has 3 heterocycles. The van der Waals surface area contributed by atoms with Crippen molar-refractivity contribution in [2.24, 2.45) is 11.8 Å². The molecule has 4 aliphatic rings. The first-order valence-corrected chi connectivity index (χ1v) is 13.5. The number of hydrogen-bond donors (Lipinski definition) is 1. The van der Waals surface area contributed by atoms with Crippen LogP contribution in [0.4, 0.5) is 14.9 Å². The molecule has 8 nitrogen and oxygen atoms in total. The number of ether oxygens (including phenoxy) is 1. The molecule has 3 saturated heterocycles. The van der Waals surface area contributed by atoms with Crippen molar-refractivity contribution in [2.45, 2.75) is 82.6 Å². The number of nitrogens with one attached hydrogen (secondary N) is 1. The first-order valence-electron chi connectivity index (χ1n) is 13.5. The van der Waals surface area contributed by atoms with Crippen LogP contribution in [0.2, 0.25) is 0 Å². The predicted octanol–water partition coefficient (Wildman–Crippen LogP) is 3.30. The fraction of sp³-hybridized carbons (Fsp3) is 0.679. The van der Waals surface area contributed by atoms with E-state index < -0.39 is 23.8 Å². The highest BCUT2D eigenvalue weighted by atomic mass is 19.1. The number of carbonyl (C=O) groups is 2. The van der Waals surface area contributed by atoms with Gasteiger partial charge in [0, 0.05) is 37.3 Å². The van der Waals surface area contributed by atoms with Gasteiger partial charge in [0.2, 0.25) is 5.91 Å². The Morgan fingerprint density at radius 2 is 2.00 bits per heavy atom. The first-order chi connectivity index (χ1) is 17.5. The van der Waals surface area contributed by atoms with E-state index in [-0.39, 0.29) is 30.1 Å². The number of anilines is 1. The number of nitriles is 1. The van der Waals surface area contributed by atoms with E-state index in [1.54, 1.807) is 37.8 Å². The lowest BCUT2D eigenvalue weighted by Gasteiger charge is -2.35. The molecular weight excluding hydrogens is 473 g/mol. The van der Waals surface area contributed by atoms with E-state index >= 15 is 4.39 Å². The Labute approximate surface area is 218 Å². The number of fused-ring (bicyclic) bond motifs is 3. The molecule has 9 heteroatoms. The van der Waals surface area contributed by atoms with Gasteiger partial charge >= 0.3 is 6.09 Å². The molecule has 0 radical (unpaired) electrons. The third-order valence-electron chi connectivity index (χ3n) is 8.58. The van der Waals surface area contributed by atoms with Crippen molar-refractivity contribution >= 4 is 17.7 Å². The lowest BCUT2D eigenvalue weighted by molar-refractivity contribution is -0.128. The fourth-order valence-electron chi connectivity index (χ4n) is 6.79. The van der Waals surface area contributed by atoms with E-state index in [0.717, 1.165) is 44.6 Å². The summed E-state index contributed by atoms with van der Waals surface area (Å²) in [6, 6.07) is 6.24. The van der Waals surface area contributed by atoms with Crippen LogP contribution < -0.4 is 10.2 Å². The Hall–Kier alpha value is -2.86. The third kappa shape index (κ3) is 5.13. The standard InChI is InChI=1S/C28H38FN5O3/c1-28(2,3)37-27(36)34-22-8-6-18(12-22)25(34)26(35)31-20(14-30)11-17-5-7-21(13-23(17)29)33-15-19-9-10-32(4)24(19)16-33/h5,7,13,18-20,22,24-25H,6,8-12,15-16H2,1-4H3,(H,31,35)/t18-,19?,20-,22+,24?,25-/m0/s1. The highest BCUT2D eigenvalue weighted by Crippen LogP contribution is 2.43. The number of likely N-dealkylation sites (N-methyl/N-ethyl adjacent to an activating group) is 1. The maximum atomic E-state index is 15.1. The topological polar surface area (TPSA) is 88.9 Å². The van der Waals surface area contributed by atoms with Gasteiger partial charge in [-0.1, -0.05) is 6.07 Å². The van der Waals surface area contributed by atoms with Gasteiger partial charge in [-0.3, -0.25) is 9.69 Å². The third-order valence-corrected chi connectivity index (χ3v) is 8.58. The molecule has 1 aromatic rings. The van der Waals surface area contributed by atoms with Crippen molar-refractivity contribution in [3.05, 3.63) is 29.6 Å². The normalized spacial score (nSPS) is 29.8. The van der Waals surface area contributed by atoms with Gasteiger partial charge in [0.25, 0.3) is 0 Å². The molecular formula is C28H38FN5O3. The van der Waals surface area contributed by atoms with Crippen LogP contribution in [0.5, 0.6) is 0 Å². The van der Waals surface area contributed by atoms with Crippen molar-refractivity contribution in [1.82, 2.24) is 15.1 Å². The first kappa shape index (κ1) is 25.8. The van der Waals surface area contributed by atoms with Gasteiger partial charge in [-0.05, 0) is 89.6 Å². The number of benzene rings is 1. The second-order valence-corrected chi connectivity index (χ2v) is 12.2. The van der Waals surface area contributed by atoms with E-state index in [1.165, 1.54) is 6.42 Å². The summed E-state index contributed by atoms with van der Waals surface area (Å²) in [7, 11) is 2.15. The average molecular weight is 512 g/mol. The number of amides is 2. The van der Waals surface area contributed by atoms with E-state index in [4.69, 9.17) is 4.74 Å². The summed E-state index contributed by atoms with van der Waals surface area (Å²) in [6.45, 7) is 8.35. The molecule has 1 aromatic carbocycles. The zero-order valence-electron chi connectivity index (χ0n) is 22.2. The van der Waals surface area contributed by atoms with Crippen molar-refractivity contribution in [2.75, 3.05) is 31.6 Å². The van der Waals surface area contributed by atoms with E-state index in [1.807, 2.05) is 6.07 Å². The van der Waals surface area contributed by atoms with Gasteiger partial charge < -0.3 is 19.9 Å². The molecule has 0 aromatic heterocycles. The Morgan fingerprint density at radius 1 is 1.22 bits per heavy atom. The second kappa shape index (κ2) is 9.79. The SMILES string of the molecule is CN1CCC2CN(c3ccc(C[C@@H](C#N)NC(=O)[C@@H]4[C@H]5CC[C@H](C5)N4C(=O)OC(C)(C)C)c(F)c3)CC21. The average Bonchev–Trinajstić information content (AvgIpc) is 3.60. The number of halogens is 1. The molecule has 3 aliphatic heterocycles. The van der Waals surface area contributed by atoms with Gasteiger partial charge in [-0.25, -0.2) is 9.18 Å². The summed E-state index contributed by atoms with van der Waals surface area (Å²) in [6.07, 6.45) is 3.22. The molecule has 1 N–H and O–H groups in total. The molecule has 5 rings (SSSR count). The minimum Gasteiger partial charge on any atom is -0.444 e. The zero-order chi connectivity index (χ0) is 26.5. The zero-order valence-corrected chi connectivity index (χ0v) is 22.2. The Balaban J connectivity index is 1.23. The van der Waals surface area contributed by atoms with Crippen LogP contribution in [0.3, 0.4) is 0 Å². The lowest BCUT2D eigenvalue weighted by Crippen LogP contribution is -2.55. The highest BCUT2D eigenvalue weighted by molar-refractivity contribution is 5.87. The van der Waals surface area contributed by atoms with Gasteiger partial charge in [-0.15, -0.1) is 0 Å². The molecule has 200 valence electrons. The molecule has 37 heavy (non-hydrogen) atoms. The molecule has 1 saturated carbocycles. The Kier molecular flexibility index (Phi) is 6.82. The number of likely N-dealkylation sites (tertiary alicyclic amines) is 2. The number of carbonyl (C=O) groups excluding carboxylic acids is 2.